The lowest BCUT2D eigenvalue weighted by molar-refractivity contribution is 0.556. The maximum absolute atomic E-state index is 5.79. The Balaban J connectivity index is 1.60. The molecular weight excluding hydrogens is 318 g/mol. The highest BCUT2D eigenvalue weighted by molar-refractivity contribution is 7.98. The van der Waals surface area contributed by atoms with E-state index in [2.05, 4.69) is 46.6 Å². The van der Waals surface area contributed by atoms with Crippen molar-refractivity contribution in [3.05, 3.63) is 71.9 Å². The van der Waals surface area contributed by atoms with E-state index in [0.29, 0.717) is 5.75 Å². The van der Waals surface area contributed by atoms with Gasteiger partial charge in [0.05, 0.1) is 11.4 Å². The van der Waals surface area contributed by atoms with Gasteiger partial charge in [-0.3, -0.25) is 4.57 Å². The summed E-state index contributed by atoms with van der Waals surface area (Å²) < 4.78 is 7.91. The smallest absolute Gasteiger partial charge is 0.205 e. The number of rotatable bonds is 4. The summed E-state index contributed by atoms with van der Waals surface area (Å²) in [5.41, 5.74) is 5.42. The zero-order valence-electron chi connectivity index (χ0n) is 13.6. The lowest BCUT2D eigenvalue weighted by atomic mass is 10.1. The van der Waals surface area contributed by atoms with Crippen LogP contribution < -0.4 is 0 Å². The van der Waals surface area contributed by atoms with E-state index in [4.69, 9.17) is 4.42 Å². The van der Waals surface area contributed by atoms with Crippen molar-refractivity contribution < 1.29 is 4.42 Å². The van der Waals surface area contributed by atoms with E-state index in [1.807, 2.05) is 36.7 Å². The van der Waals surface area contributed by atoms with E-state index in [-0.39, 0.29) is 0 Å². The fourth-order valence-corrected chi connectivity index (χ4v) is 3.49. The molecule has 0 amide bonds. The first-order valence-corrected chi connectivity index (χ1v) is 8.78. The molecule has 2 aromatic carbocycles. The van der Waals surface area contributed by atoms with E-state index in [1.165, 1.54) is 11.1 Å². The van der Waals surface area contributed by atoms with Crippen molar-refractivity contribution in [2.75, 3.05) is 0 Å². The quantitative estimate of drug-likeness (QED) is 0.496. The third-order valence-electron chi connectivity index (χ3n) is 4.11. The molecule has 0 fully saturated rings. The van der Waals surface area contributed by atoms with E-state index in [0.717, 1.165) is 27.8 Å². The summed E-state index contributed by atoms with van der Waals surface area (Å²) in [6, 6.07) is 14.1. The molecule has 2 heterocycles. The van der Waals surface area contributed by atoms with Crippen LogP contribution in [-0.4, -0.2) is 14.5 Å². The van der Waals surface area contributed by atoms with Crippen molar-refractivity contribution in [3.8, 4) is 5.69 Å². The fourth-order valence-electron chi connectivity index (χ4n) is 2.68. The Labute approximate surface area is 144 Å². The van der Waals surface area contributed by atoms with Crippen LogP contribution >= 0.6 is 11.8 Å². The highest BCUT2D eigenvalue weighted by Crippen LogP contribution is 2.27. The third-order valence-corrected chi connectivity index (χ3v) is 5.06. The molecule has 4 aromatic rings. The van der Waals surface area contributed by atoms with Crippen molar-refractivity contribution in [1.82, 2.24) is 14.5 Å². The van der Waals surface area contributed by atoms with Crippen LogP contribution in [0.4, 0.5) is 0 Å². The summed E-state index contributed by atoms with van der Waals surface area (Å²) >= 11 is 1.63. The van der Waals surface area contributed by atoms with Gasteiger partial charge >= 0.3 is 0 Å². The minimum atomic E-state index is 0.649. The lowest BCUT2D eigenvalue weighted by Crippen LogP contribution is -1.99. The van der Waals surface area contributed by atoms with Gasteiger partial charge in [0.25, 0.3) is 0 Å². The van der Waals surface area contributed by atoms with E-state index < -0.39 is 0 Å². The summed E-state index contributed by atoms with van der Waals surface area (Å²) in [5, 5.41) is 0.936. The molecule has 0 saturated heterocycles. The molecule has 0 aliphatic carbocycles. The SMILES string of the molecule is Cc1cccc(-n2ccnc2SCc2nc3ccccc3o2)c1C. The second kappa shape index (κ2) is 6.17. The Morgan fingerprint density at radius 1 is 1.08 bits per heavy atom. The molecule has 4 nitrogen and oxygen atoms in total. The number of para-hydroxylation sites is 2. The summed E-state index contributed by atoms with van der Waals surface area (Å²) in [7, 11) is 0. The maximum atomic E-state index is 5.79. The number of fused-ring (bicyclic) bond motifs is 1. The number of hydrogen-bond acceptors (Lipinski definition) is 4. The zero-order valence-corrected chi connectivity index (χ0v) is 14.4. The van der Waals surface area contributed by atoms with Gasteiger partial charge in [-0.15, -0.1) is 0 Å². The Bertz CT molecular complexity index is 970. The van der Waals surface area contributed by atoms with Crippen LogP contribution in [0.25, 0.3) is 16.8 Å². The van der Waals surface area contributed by atoms with Crippen molar-refractivity contribution in [3.63, 3.8) is 0 Å². The predicted molar refractivity (Wildman–Crippen MR) is 96.6 cm³/mol. The van der Waals surface area contributed by atoms with Gasteiger partial charge in [-0.1, -0.05) is 36.0 Å². The molecule has 0 spiro atoms. The second-order valence-electron chi connectivity index (χ2n) is 5.66. The molecule has 24 heavy (non-hydrogen) atoms. The van der Waals surface area contributed by atoms with E-state index in [1.54, 1.807) is 11.8 Å². The van der Waals surface area contributed by atoms with Crippen LogP contribution in [0.5, 0.6) is 0 Å². The highest BCUT2D eigenvalue weighted by atomic mass is 32.2. The summed E-state index contributed by atoms with van der Waals surface area (Å²) in [5.74, 6) is 1.37. The Kier molecular flexibility index (Phi) is 3.86. The Morgan fingerprint density at radius 2 is 1.96 bits per heavy atom. The normalized spacial score (nSPS) is 11.2. The van der Waals surface area contributed by atoms with Crippen molar-refractivity contribution in [1.29, 1.82) is 0 Å². The van der Waals surface area contributed by atoms with Crippen molar-refractivity contribution >= 4 is 22.9 Å². The van der Waals surface area contributed by atoms with E-state index in [9.17, 15) is 0 Å². The highest BCUT2D eigenvalue weighted by Gasteiger charge is 2.11. The van der Waals surface area contributed by atoms with Gasteiger partial charge in [0, 0.05) is 12.4 Å². The first-order chi connectivity index (χ1) is 11.7. The van der Waals surface area contributed by atoms with E-state index >= 15 is 0 Å². The first kappa shape index (κ1) is 15.0. The van der Waals surface area contributed by atoms with Crippen LogP contribution in [0, 0.1) is 13.8 Å². The number of nitrogens with zero attached hydrogens (tertiary/aromatic N) is 3. The molecule has 0 bridgehead atoms. The number of aryl methyl sites for hydroxylation is 1. The van der Waals surface area contributed by atoms with Crippen LogP contribution in [-0.2, 0) is 5.75 Å². The third kappa shape index (κ3) is 2.71. The zero-order chi connectivity index (χ0) is 16.5. The molecule has 4 rings (SSSR count). The van der Waals surface area contributed by atoms with Crippen LogP contribution in [0.1, 0.15) is 17.0 Å². The molecule has 0 radical (unpaired) electrons. The molecular formula is C19H17N3OS. The molecule has 0 aliphatic rings. The van der Waals surface area contributed by atoms with Gasteiger partial charge in [0.1, 0.15) is 5.52 Å². The van der Waals surface area contributed by atoms with Gasteiger partial charge < -0.3 is 4.42 Å². The van der Waals surface area contributed by atoms with Gasteiger partial charge in [-0.2, -0.15) is 0 Å². The van der Waals surface area contributed by atoms with Gasteiger partial charge in [0.15, 0.2) is 10.7 Å². The molecule has 2 aromatic heterocycles. The standard InChI is InChI=1S/C19H17N3OS/c1-13-6-5-8-16(14(13)2)22-11-10-20-19(22)24-12-18-21-15-7-3-4-9-17(15)23-18/h3-11H,12H2,1-2H3. The monoisotopic (exact) mass is 335 g/mol. The molecule has 120 valence electrons. The Morgan fingerprint density at radius 3 is 2.83 bits per heavy atom. The molecule has 0 atom stereocenters. The van der Waals surface area contributed by atoms with Gasteiger partial charge in [-0.05, 0) is 43.2 Å². The molecule has 0 unspecified atom stereocenters. The van der Waals surface area contributed by atoms with Crippen molar-refractivity contribution in [2.45, 2.75) is 24.8 Å². The predicted octanol–water partition coefficient (Wildman–Crippen LogP) is 4.92. The number of oxazole rings is 1. The fraction of sp³-hybridized carbons (Fsp3) is 0.158. The first-order valence-electron chi connectivity index (χ1n) is 7.79. The second-order valence-corrected chi connectivity index (χ2v) is 6.61. The van der Waals surface area contributed by atoms with Crippen LogP contribution in [0.15, 0.2) is 64.4 Å². The average molecular weight is 335 g/mol. The number of aromatic nitrogens is 3. The average Bonchev–Trinajstić information content (AvgIpc) is 3.21. The summed E-state index contributed by atoms with van der Waals surface area (Å²) in [4.78, 5) is 9.01. The van der Waals surface area contributed by atoms with Gasteiger partial charge in [0.2, 0.25) is 5.89 Å². The minimum Gasteiger partial charge on any atom is -0.440 e. The molecule has 0 saturated carbocycles. The number of thioether (sulfide) groups is 1. The number of benzene rings is 2. The summed E-state index contributed by atoms with van der Waals surface area (Å²) in [6.45, 7) is 4.26. The van der Waals surface area contributed by atoms with Gasteiger partial charge in [-0.25, -0.2) is 9.97 Å². The van der Waals surface area contributed by atoms with Crippen LogP contribution in [0.2, 0.25) is 0 Å². The summed E-state index contributed by atoms with van der Waals surface area (Å²) in [6.07, 6.45) is 3.83. The molecule has 0 N–H and O–H groups in total. The maximum Gasteiger partial charge on any atom is 0.205 e. The van der Waals surface area contributed by atoms with Crippen molar-refractivity contribution in [2.24, 2.45) is 0 Å². The Hall–Kier alpha value is -2.53. The number of imidazole rings is 1. The minimum absolute atomic E-state index is 0.649. The van der Waals surface area contributed by atoms with Crippen LogP contribution in [0.3, 0.4) is 0 Å². The topological polar surface area (TPSA) is 43.9 Å². The molecule has 0 aliphatic heterocycles. The number of hydrogen-bond donors (Lipinski definition) is 0. The lowest BCUT2D eigenvalue weighted by Gasteiger charge is -2.11. The molecule has 5 heteroatoms. The largest absolute Gasteiger partial charge is 0.440 e.